The Morgan fingerprint density at radius 2 is 1.67 bits per heavy atom. The third-order valence-electron chi connectivity index (χ3n) is 5.17. The van der Waals surface area contributed by atoms with E-state index in [0.717, 1.165) is 16.3 Å². The van der Waals surface area contributed by atoms with Crippen LogP contribution >= 0.6 is 0 Å². The summed E-state index contributed by atoms with van der Waals surface area (Å²) >= 11 is 0. The second-order valence-electron chi connectivity index (χ2n) is 7.52. The molecule has 0 aliphatic carbocycles. The maximum Gasteiger partial charge on any atom is 0.338 e. The molecule has 0 aliphatic heterocycles. The molecular weight excluding hydrogens is 420 g/mol. The Labute approximate surface area is 190 Å². The molecule has 0 spiro atoms. The lowest BCUT2D eigenvalue weighted by molar-refractivity contribution is -0.123. The highest BCUT2D eigenvalue weighted by Crippen LogP contribution is 2.24. The van der Waals surface area contributed by atoms with E-state index >= 15 is 0 Å². The topological polar surface area (TPSA) is 97.6 Å². The van der Waals surface area contributed by atoms with E-state index in [9.17, 15) is 14.4 Å². The number of aryl methyl sites for hydroxylation is 1. The van der Waals surface area contributed by atoms with Gasteiger partial charge in [-0.2, -0.15) is 0 Å². The predicted molar refractivity (Wildman–Crippen MR) is 125 cm³/mol. The first-order valence-corrected chi connectivity index (χ1v) is 10.4. The number of benzene rings is 3. The van der Waals surface area contributed by atoms with Crippen LogP contribution < -0.4 is 10.6 Å². The van der Waals surface area contributed by atoms with Gasteiger partial charge in [0.05, 0.1) is 11.8 Å². The lowest BCUT2D eigenvalue weighted by Gasteiger charge is -2.15. The van der Waals surface area contributed by atoms with Crippen molar-refractivity contribution in [2.45, 2.75) is 20.0 Å². The second kappa shape index (κ2) is 9.40. The number of ether oxygens (including phenoxy) is 1. The molecule has 1 aromatic heterocycles. The van der Waals surface area contributed by atoms with Crippen LogP contribution in [0.4, 0.5) is 11.4 Å². The Kier molecular flexibility index (Phi) is 6.22. The Balaban J connectivity index is 1.44. The average molecular weight is 442 g/mol. The van der Waals surface area contributed by atoms with E-state index in [2.05, 4.69) is 10.6 Å². The standard InChI is InChI=1S/C26H22N2O5/c1-16-12-13-19(15-22(16)28-25(30)23-11-6-14-32-23)26(31)33-17(2)24(29)27-21-10-5-8-18-7-3-4-9-20(18)21/h3-15,17H,1-2H3,(H,27,29)(H,28,30). The summed E-state index contributed by atoms with van der Waals surface area (Å²) in [6.45, 7) is 3.30. The molecule has 1 heterocycles. The van der Waals surface area contributed by atoms with Gasteiger partial charge in [-0.15, -0.1) is 0 Å². The molecule has 2 amide bonds. The average Bonchev–Trinajstić information content (AvgIpc) is 3.36. The Hall–Kier alpha value is -4.39. The summed E-state index contributed by atoms with van der Waals surface area (Å²) in [6, 6.07) is 21.2. The van der Waals surface area contributed by atoms with Crippen LogP contribution in [-0.4, -0.2) is 23.9 Å². The summed E-state index contributed by atoms with van der Waals surface area (Å²) in [5.41, 5.74) is 2.05. The van der Waals surface area contributed by atoms with Crippen LogP contribution in [-0.2, 0) is 9.53 Å². The van der Waals surface area contributed by atoms with Crippen molar-refractivity contribution in [2.75, 3.05) is 10.6 Å². The van der Waals surface area contributed by atoms with E-state index in [1.165, 1.54) is 19.3 Å². The first-order chi connectivity index (χ1) is 15.9. The van der Waals surface area contributed by atoms with Gasteiger partial charge in [-0.05, 0) is 55.1 Å². The molecule has 0 saturated heterocycles. The molecule has 7 heteroatoms. The molecule has 1 atom stereocenters. The lowest BCUT2D eigenvalue weighted by Crippen LogP contribution is -2.30. The number of fused-ring (bicyclic) bond motifs is 1. The van der Waals surface area contributed by atoms with Gasteiger partial charge in [-0.1, -0.05) is 42.5 Å². The minimum absolute atomic E-state index is 0.154. The summed E-state index contributed by atoms with van der Waals surface area (Å²) in [4.78, 5) is 37.6. The molecule has 4 rings (SSSR count). The summed E-state index contributed by atoms with van der Waals surface area (Å²) in [6.07, 6.45) is 0.374. The van der Waals surface area contributed by atoms with Gasteiger partial charge in [-0.25, -0.2) is 4.79 Å². The SMILES string of the molecule is Cc1ccc(C(=O)OC(C)C(=O)Nc2cccc3ccccc23)cc1NC(=O)c1ccco1. The molecule has 2 N–H and O–H groups in total. The van der Waals surface area contributed by atoms with Crippen molar-refractivity contribution in [1.29, 1.82) is 0 Å². The summed E-state index contributed by atoms with van der Waals surface area (Å²) in [5, 5.41) is 7.41. The number of hydrogen-bond donors (Lipinski definition) is 2. The molecule has 0 saturated carbocycles. The van der Waals surface area contributed by atoms with Gasteiger partial charge in [0.2, 0.25) is 0 Å². The highest BCUT2D eigenvalue weighted by Gasteiger charge is 2.21. The minimum atomic E-state index is -1.03. The van der Waals surface area contributed by atoms with E-state index < -0.39 is 23.9 Å². The fourth-order valence-electron chi connectivity index (χ4n) is 3.33. The van der Waals surface area contributed by atoms with Crippen LogP contribution in [0, 0.1) is 6.92 Å². The zero-order chi connectivity index (χ0) is 23.4. The first-order valence-electron chi connectivity index (χ1n) is 10.4. The van der Waals surface area contributed by atoms with Gasteiger partial charge in [0, 0.05) is 16.8 Å². The molecule has 1 unspecified atom stereocenters. The minimum Gasteiger partial charge on any atom is -0.459 e. The smallest absolute Gasteiger partial charge is 0.338 e. The summed E-state index contributed by atoms with van der Waals surface area (Å²) < 4.78 is 10.5. The zero-order valence-electron chi connectivity index (χ0n) is 18.1. The van der Waals surface area contributed by atoms with E-state index in [4.69, 9.17) is 9.15 Å². The predicted octanol–water partition coefficient (Wildman–Crippen LogP) is 5.18. The fraction of sp³-hybridized carbons (Fsp3) is 0.115. The van der Waals surface area contributed by atoms with Gasteiger partial charge < -0.3 is 19.8 Å². The number of amides is 2. The number of furan rings is 1. The van der Waals surface area contributed by atoms with Crippen molar-refractivity contribution in [3.63, 3.8) is 0 Å². The zero-order valence-corrected chi connectivity index (χ0v) is 18.1. The van der Waals surface area contributed by atoms with Crippen molar-refractivity contribution in [1.82, 2.24) is 0 Å². The summed E-state index contributed by atoms with van der Waals surface area (Å²) in [5.74, 6) is -1.40. The van der Waals surface area contributed by atoms with Crippen molar-refractivity contribution in [2.24, 2.45) is 0 Å². The number of esters is 1. The molecular formula is C26H22N2O5. The number of anilines is 2. The number of carbonyl (C=O) groups excluding carboxylic acids is 3. The van der Waals surface area contributed by atoms with Gasteiger partial charge in [0.1, 0.15) is 0 Å². The number of rotatable bonds is 6. The van der Waals surface area contributed by atoms with Crippen molar-refractivity contribution < 1.29 is 23.5 Å². The van der Waals surface area contributed by atoms with Crippen LogP contribution in [0.1, 0.15) is 33.4 Å². The van der Waals surface area contributed by atoms with Gasteiger partial charge in [-0.3, -0.25) is 9.59 Å². The van der Waals surface area contributed by atoms with Crippen LogP contribution in [0.5, 0.6) is 0 Å². The maximum absolute atomic E-state index is 12.7. The molecule has 3 aromatic carbocycles. The molecule has 0 bridgehead atoms. The third-order valence-corrected chi connectivity index (χ3v) is 5.17. The Morgan fingerprint density at radius 1 is 0.879 bits per heavy atom. The number of carbonyl (C=O) groups is 3. The van der Waals surface area contributed by atoms with Gasteiger partial charge in [0.15, 0.2) is 11.9 Å². The van der Waals surface area contributed by atoms with Crippen molar-refractivity contribution >= 4 is 39.9 Å². The normalized spacial score (nSPS) is 11.6. The van der Waals surface area contributed by atoms with E-state index in [-0.39, 0.29) is 11.3 Å². The molecule has 7 nitrogen and oxygen atoms in total. The molecule has 4 aromatic rings. The molecule has 166 valence electrons. The van der Waals surface area contributed by atoms with Crippen molar-refractivity contribution in [3.05, 3.63) is 95.9 Å². The van der Waals surface area contributed by atoms with Gasteiger partial charge in [0.25, 0.3) is 11.8 Å². The first kappa shape index (κ1) is 21.8. The lowest BCUT2D eigenvalue weighted by atomic mass is 10.1. The molecule has 33 heavy (non-hydrogen) atoms. The summed E-state index contributed by atoms with van der Waals surface area (Å²) in [7, 11) is 0. The highest BCUT2D eigenvalue weighted by molar-refractivity contribution is 6.05. The quantitative estimate of drug-likeness (QED) is 0.401. The fourth-order valence-corrected chi connectivity index (χ4v) is 3.33. The van der Waals surface area contributed by atoms with E-state index in [0.29, 0.717) is 11.4 Å². The van der Waals surface area contributed by atoms with Crippen LogP contribution in [0.3, 0.4) is 0 Å². The van der Waals surface area contributed by atoms with Crippen LogP contribution in [0.25, 0.3) is 10.8 Å². The monoisotopic (exact) mass is 442 g/mol. The van der Waals surface area contributed by atoms with E-state index in [1.807, 2.05) is 36.4 Å². The molecule has 0 aliphatic rings. The van der Waals surface area contributed by atoms with E-state index in [1.54, 1.807) is 37.3 Å². The van der Waals surface area contributed by atoms with Crippen LogP contribution in [0.15, 0.2) is 83.5 Å². The van der Waals surface area contributed by atoms with Crippen LogP contribution in [0.2, 0.25) is 0 Å². The number of nitrogens with one attached hydrogen (secondary N) is 2. The molecule has 0 fully saturated rings. The third kappa shape index (κ3) is 4.93. The Morgan fingerprint density at radius 3 is 2.45 bits per heavy atom. The Bertz CT molecular complexity index is 1320. The highest BCUT2D eigenvalue weighted by atomic mass is 16.5. The molecule has 0 radical (unpaired) electrons. The second-order valence-corrected chi connectivity index (χ2v) is 7.52. The maximum atomic E-state index is 12.7. The van der Waals surface area contributed by atoms with Crippen molar-refractivity contribution in [3.8, 4) is 0 Å². The largest absolute Gasteiger partial charge is 0.459 e. The van der Waals surface area contributed by atoms with Gasteiger partial charge >= 0.3 is 5.97 Å². The number of hydrogen-bond acceptors (Lipinski definition) is 5.